The molecule has 2 atom stereocenters. The summed E-state index contributed by atoms with van der Waals surface area (Å²) >= 11 is 0. The lowest BCUT2D eigenvalue weighted by Gasteiger charge is -2.38. The number of benzene rings is 1. The first-order valence-electron chi connectivity index (χ1n) is 10.1. The third-order valence-corrected chi connectivity index (χ3v) is 6.45. The number of nitrogens with one attached hydrogen (secondary N) is 1. The largest absolute Gasteiger partial charge is 0.376 e. The number of rotatable bonds is 2. The lowest BCUT2D eigenvalue weighted by molar-refractivity contribution is 0.253. The molecular weight excluding hydrogens is 360 g/mol. The van der Waals surface area contributed by atoms with Gasteiger partial charge in [-0.05, 0) is 30.9 Å². The van der Waals surface area contributed by atoms with Gasteiger partial charge in [-0.2, -0.15) is 0 Å². The molecule has 3 heterocycles. The van der Waals surface area contributed by atoms with E-state index in [0.29, 0.717) is 0 Å². The van der Waals surface area contributed by atoms with Gasteiger partial charge in [-0.3, -0.25) is 9.55 Å². The Morgan fingerprint density at radius 3 is 2.66 bits per heavy atom. The van der Waals surface area contributed by atoms with Crippen molar-refractivity contribution in [3.05, 3.63) is 78.4 Å². The summed E-state index contributed by atoms with van der Waals surface area (Å²) in [5.74, 6) is 1.85. The van der Waals surface area contributed by atoms with Gasteiger partial charge in [0.05, 0.1) is 29.5 Å². The molecular formula is C23H22N6. The van der Waals surface area contributed by atoms with Gasteiger partial charge < -0.3 is 11.1 Å². The number of aromatic nitrogens is 4. The maximum absolute atomic E-state index is 6.50. The van der Waals surface area contributed by atoms with Crippen molar-refractivity contribution in [3.8, 4) is 17.1 Å². The Kier molecular flexibility index (Phi) is 3.52. The third-order valence-electron chi connectivity index (χ3n) is 6.45. The molecule has 0 bridgehead atoms. The third kappa shape index (κ3) is 2.49. The van der Waals surface area contributed by atoms with Crippen LogP contribution < -0.4 is 11.1 Å². The summed E-state index contributed by atoms with van der Waals surface area (Å²) in [5.41, 5.74) is 10.6. The predicted octanol–water partition coefficient (Wildman–Crippen LogP) is 3.67. The number of hydrogen-bond donors (Lipinski definition) is 2. The minimum Gasteiger partial charge on any atom is -0.376 e. The summed E-state index contributed by atoms with van der Waals surface area (Å²) < 4.78 is 2.14. The summed E-state index contributed by atoms with van der Waals surface area (Å²) in [6.45, 7) is 0. The van der Waals surface area contributed by atoms with Crippen molar-refractivity contribution in [1.29, 1.82) is 0 Å². The van der Waals surface area contributed by atoms with Crippen LogP contribution in [0.4, 0.5) is 5.69 Å². The van der Waals surface area contributed by atoms with Gasteiger partial charge in [0.15, 0.2) is 5.82 Å². The van der Waals surface area contributed by atoms with Crippen molar-refractivity contribution >= 4 is 5.69 Å². The van der Waals surface area contributed by atoms with Crippen LogP contribution in [0.1, 0.15) is 36.6 Å². The number of nitrogens with two attached hydrogens (primary N) is 1. The van der Waals surface area contributed by atoms with Crippen LogP contribution in [-0.2, 0) is 5.54 Å². The smallest absolute Gasteiger partial charge is 0.168 e. The Morgan fingerprint density at radius 2 is 1.86 bits per heavy atom. The predicted molar refractivity (Wildman–Crippen MR) is 113 cm³/mol. The van der Waals surface area contributed by atoms with Crippen LogP contribution in [0, 0.1) is 0 Å². The van der Waals surface area contributed by atoms with Crippen molar-refractivity contribution in [1.82, 2.24) is 19.7 Å². The standard InChI is InChI=1S/C23H22N6/c24-23(11-3-12-23)16-8-6-15(7-9-16)21-27-28-22-17-4-1-2-5-18(17)26-19-10-13-25-14-20(19)29(21)22/h1-2,4-10,13-14,17-18,26H,3,11-12,24H2. The van der Waals surface area contributed by atoms with Crippen LogP contribution in [0.5, 0.6) is 0 Å². The molecule has 2 aliphatic carbocycles. The van der Waals surface area contributed by atoms with Gasteiger partial charge in [-0.25, -0.2) is 0 Å². The highest BCUT2D eigenvalue weighted by atomic mass is 15.3. The lowest BCUT2D eigenvalue weighted by atomic mass is 9.73. The molecule has 144 valence electrons. The number of nitrogens with zero attached hydrogens (tertiary/aromatic N) is 4. The molecule has 3 aromatic rings. The summed E-state index contributed by atoms with van der Waals surface area (Å²) in [6, 6.07) is 10.7. The van der Waals surface area contributed by atoms with Crippen LogP contribution in [0.2, 0.25) is 0 Å². The highest BCUT2D eigenvalue weighted by Gasteiger charge is 2.35. The molecule has 2 aromatic heterocycles. The zero-order chi connectivity index (χ0) is 19.4. The second-order valence-corrected chi connectivity index (χ2v) is 8.16. The molecule has 29 heavy (non-hydrogen) atoms. The van der Waals surface area contributed by atoms with Crippen LogP contribution in [0.15, 0.2) is 67.0 Å². The van der Waals surface area contributed by atoms with E-state index < -0.39 is 0 Å². The zero-order valence-corrected chi connectivity index (χ0v) is 16.0. The fraction of sp³-hybridized carbons (Fsp3) is 0.261. The molecule has 1 aliphatic heterocycles. The molecule has 1 saturated carbocycles. The van der Waals surface area contributed by atoms with Crippen LogP contribution >= 0.6 is 0 Å². The molecule has 0 saturated heterocycles. The van der Waals surface area contributed by atoms with Gasteiger partial charge in [0.1, 0.15) is 5.82 Å². The lowest BCUT2D eigenvalue weighted by Crippen LogP contribution is -2.43. The molecule has 1 fully saturated rings. The number of anilines is 1. The van der Waals surface area contributed by atoms with E-state index in [1.165, 1.54) is 12.0 Å². The number of fused-ring (bicyclic) bond motifs is 5. The summed E-state index contributed by atoms with van der Waals surface area (Å²) in [4.78, 5) is 4.37. The minimum absolute atomic E-state index is 0.107. The van der Waals surface area contributed by atoms with Gasteiger partial charge in [-0.1, -0.05) is 48.6 Å². The molecule has 0 radical (unpaired) electrons. The van der Waals surface area contributed by atoms with E-state index in [4.69, 9.17) is 5.73 Å². The Hall–Kier alpha value is -3.25. The van der Waals surface area contributed by atoms with E-state index in [0.717, 1.165) is 41.4 Å². The second-order valence-electron chi connectivity index (χ2n) is 8.16. The van der Waals surface area contributed by atoms with Gasteiger partial charge in [0, 0.05) is 17.3 Å². The van der Waals surface area contributed by atoms with Gasteiger partial charge in [0.25, 0.3) is 0 Å². The highest BCUT2D eigenvalue weighted by molar-refractivity contribution is 5.69. The fourth-order valence-electron chi connectivity index (χ4n) is 4.59. The monoisotopic (exact) mass is 382 g/mol. The van der Waals surface area contributed by atoms with E-state index in [2.05, 4.69) is 73.6 Å². The Balaban J connectivity index is 1.50. The number of pyridine rings is 1. The van der Waals surface area contributed by atoms with Crippen molar-refractivity contribution < 1.29 is 0 Å². The number of hydrogen-bond acceptors (Lipinski definition) is 5. The van der Waals surface area contributed by atoms with E-state index in [1.807, 2.05) is 18.5 Å². The van der Waals surface area contributed by atoms with Crippen LogP contribution in [-0.4, -0.2) is 25.8 Å². The average molecular weight is 382 g/mol. The van der Waals surface area contributed by atoms with E-state index >= 15 is 0 Å². The van der Waals surface area contributed by atoms with Crippen LogP contribution in [0.25, 0.3) is 17.1 Å². The first-order valence-corrected chi connectivity index (χ1v) is 10.1. The molecule has 0 amide bonds. The van der Waals surface area contributed by atoms with Gasteiger partial charge in [0.2, 0.25) is 0 Å². The average Bonchev–Trinajstić information content (AvgIpc) is 3.12. The second kappa shape index (κ2) is 6.12. The Labute approximate surface area is 169 Å². The maximum atomic E-state index is 6.50. The van der Waals surface area contributed by atoms with E-state index in [-0.39, 0.29) is 17.5 Å². The molecule has 2 unspecified atom stereocenters. The SMILES string of the molecule is NC1(c2ccc(-c3nnc4n3-c3cnccc3NC3C=CC=CC43)cc2)CCC1. The quantitative estimate of drug-likeness (QED) is 0.707. The molecule has 1 aromatic carbocycles. The first kappa shape index (κ1) is 16.7. The van der Waals surface area contributed by atoms with Crippen molar-refractivity contribution in [2.75, 3.05) is 5.32 Å². The van der Waals surface area contributed by atoms with Gasteiger partial charge >= 0.3 is 0 Å². The van der Waals surface area contributed by atoms with Crippen molar-refractivity contribution in [2.45, 2.75) is 36.8 Å². The fourth-order valence-corrected chi connectivity index (χ4v) is 4.59. The molecule has 6 nitrogen and oxygen atoms in total. The molecule has 3 N–H and O–H groups in total. The van der Waals surface area contributed by atoms with Crippen LogP contribution in [0.3, 0.4) is 0 Å². The van der Waals surface area contributed by atoms with E-state index in [9.17, 15) is 0 Å². The van der Waals surface area contributed by atoms with Crippen molar-refractivity contribution in [2.24, 2.45) is 5.73 Å². The molecule has 3 aliphatic rings. The topological polar surface area (TPSA) is 81.7 Å². The normalized spacial score (nSPS) is 23.2. The van der Waals surface area contributed by atoms with E-state index in [1.54, 1.807) is 0 Å². The first-order chi connectivity index (χ1) is 14.2. The Morgan fingerprint density at radius 1 is 1.03 bits per heavy atom. The molecule has 0 spiro atoms. The molecule has 6 heteroatoms. The summed E-state index contributed by atoms with van der Waals surface area (Å²) in [5, 5.41) is 12.8. The van der Waals surface area contributed by atoms with Crippen molar-refractivity contribution in [3.63, 3.8) is 0 Å². The molecule has 6 rings (SSSR count). The summed E-state index contributed by atoms with van der Waals surface area (Å²) in [6.07, 6.45) is 15.5. The minimum atomic E-state index is -0.160. The van der Waals surface area contributed by atoms with Gasteiger partial charge in [-0.15, -0.1) is 10.2 Å². The Bertz CT molecular complexity index is 1140. The highest BCUT2D eigenvalue weighted by Crippen LogP contribution is 2.40. The number of allylic oxidation sites excluding steroid dienone is 2. The summed E-state index contributed by atoms with van der Waals surface area (Å²) in [7, 11) is 0. The zero-order valence-electron chi connectivity index (χ0n) is 16.0. The maximum Gasteiger partial charge on any atom is 0.168 e.